The maximum atomic E-state index is 13.8. The van der Waals surface area contributed by atoms with Crippen LogP contribution in [0.15, 0.2) is 53.3 Å². The molecule has 1 aromatic heterocycles. The van der Waals surface area contributed by atoms with Gasteiger partial charge in [-0.3, -0.25) is 4.79 Å². The summed E-state index contributed by atoms with van der Waals surface area (Å²) in [5.74, 6) is 0.456. The van der Waals surface area contributed by atoms with Crippen LogP contribution in [0.1, 0.15) is 17.5 Å². The number of halogens is 1. The minimum atomic E-state index is -0.299. The van der Waals surface area contributed by atoms with E-state index in [1.807, 2.05) is 38.4 Å². The summed E-state index contributed by atoms with van der Waals surface area (Å²) in [5.41, 5.74) is 3.82. The van der Waals surface area contributed by atoms with Crippen LogP contribution in [0.5, 0.6) is 5.75 Å². The molecule has 0 N–H and O–H groups in total. The fourth-order valence-electron chi connectivity index (χ4n) is 3.61. The van der Waals surface area contributed by atoms with Gasteiger partial charge in [0.1, 0.15) is 11.6 Å². The molecule has 1 aliphatic rings. The van der Waals surface area contributed by atoms with Crippen molar-refractivity contribution in [3.8, 4) is 22.7 Å². The molecule has 0 amide bonds. The molecule has 0 fully saturated rings. The molecule has 0 saturated carbocycles. The minimum Gasteiger partial charge on any atom is -0.494 e. The Morgan fingerprint density at radius 1 is 1.07 bits per heavy atom. The van der Waals surface area contributed by atoms with E-state index in [0.717, 1.165) is 48.2 Å². The first kappa shape index (κ1) is 19.3. The summed E-state index contributed by atoms with van der Waals surface area (Å²) in [6.07, 6.45) is 2.46. The molecule has 0 bridgehead atoms. The fraction of sp³-hybridized carbons (Fsp3) is 0.304. The minimum absolute atomic E-state index is 0.191. The highest BCUT2D eigenvalue weighted by molar-refractivity contribution is 5.69. The molecule has 0 radical (unpaired) electrons. The van der Waals surface area contributed by atoms with E-state index in [4.69, 9.17) is 4.74 Å². The molecule has 0 aliphatic heterocycles. The molecule has 150 valence electrons. The molecule has 3 aromatic rings. The largest absolute Gasteiger partial charge is 0.494 e. The first-order chi connectivity index (χ1) is 14.0. The summed E-state index contributed by atoms with van der Waals surface area (Å²) < 4.78 is 20.9. The van der Waals surface area contributed by atoms with Crippen molar-refractivity contribution in [2.75, 3.05) is 27.2 Å². The predicted octanol–water partition coefficient (Wildman–Crippen LogP) is 3.47. The summed E-state index contributed by atoms with van der Waals surface area (Å²) in [6, 6.07) is 13.7. The van der Waals surface area contributed by atoms with E-state index in [1.54, 1.807) is 12.1 Å². The van der Waals surface area contributed by atoms with Crippen molar-refractivity contribution >= 4 is 0 Å². The average Bonchev–Trinajstić information content (AvgIpc) is 2.71. The highest BCUT2D eigenvalue weighted by Crippen LogP contribution is 2.31. The molecule has 1 heterocycles. The number of hydrogen-bond donors (Lipinski definition) is 0. The van der Waals surface area contributed by atoms with Gasteiger partial charge in [-0.2, -0.15) is 9.78 Å². The predicted molar refractivity (Wildman–Crippen MR) is 111 cm³/mol. The van der Waals surface area contributed by atoms with Crippen LogP contribution in [-0.4, -0.2) is 41.9 Å². The smallest absolute Gasteiger partial charge is 0.271 e. The molecule has 2 aromatic carbocycles. The maximum absolute atomic E-state index is 13.8. The Morgan fingerprint density at radius 2 is 1.83 bits per heavy atom. The van der Waals surface area contributed by atoms with Crippen LogP contribution in [0.25, 0.3) is 16.9 Å². The molecular formula is C23H24FN3O2. The summed E-state index contributed by atoms with van der Waals surface area (Å²) >= 11 is 0. The Morgan fingerprint density at radius 3 is 2.59 bits per heavy atom. The second-order valence-corrected chi connectivity index (χ2v) is 7.57. The van der Waals surface area contributed by atoms with Crippen molar-refractivity contribution in [1.29, 1.82) is 0 Å². The zero-order valence-corrected chi connectivity index (χ0v) is 16.7. The van der Waals surface area contributed by atoms with Gasteiger partial charge in [-0.25, -0.2) is 4.39 Å². The number of aromatic nitrogens is 2. The number of rotatable bonds is 6. The van der Waals surface area contributed by atoms with Gasteiger partial charge in [0.05, 0.1) is 18.0 Å². The van der Waals surface area contributed by atoms with Crippen LogP contribution in [0, 0.1) is 5.82 Å². The average molecular weight is 393 g/mol. The van der Waals surface area contributed by atoms with E-state index in [9.17, 15) is 9.18 Å². The van der Waals surface area contributed by atoms with E-state index < -0.39 is 0 Å². The Balaban J connectivity index is 1.60. The molecule has 0 unspecified atom stereocenters. The first-order valence-electron chi connectivity index (χ1n) is 9.81. The molecule has 0 spiro atoms. The molecule has 1 aliphatic carbocycles. The monoisotopic (exact) mass is 393 g/mol. The van der Waals surface area contributed by atoms with Crippen LogP contribution < -0.4 is 10.3 Å². The lowest BCUT2D eigenvalue weighted by molar-refractivity contribution is 0.281. The maximum Gasteiger partial charge on any atom is 0.271 e. The lowest BCUT2D eigenvalue weighted by Gasteiger charge is -2.19. The third-order valence-electron chi connectivity index (χ3n) is 5.10. The quantitative estimate of drug-likeness (QED) is 0.602. The van der Waals surface area contributed by atoms with Gasteiger partial charge in [0.2, 0.25) is 0 Å². The Labute approximate surface area is 169 Å². The summed E-state index contributed by atoms with van der Waals surface area (Å²) in [6.45, 7) is 1.60. The first-order valence-corrected chi connectivity index (χ1v) is 9.81. The van der Waals surface area contributed by atoms with E-state index in [2.05, 4.69) is 10.00 Å². The van der Waals surface area contributed by atoms with E-state index in [1.165, 1.54) is 16.8 Å². The summed E-state index contributed by atoms with van der Waals surface area (Å²) in [5, 5.41) is 4.58. The topological polar surface area (TPSA) is 47.4 Å². The van der Waals surface area contributed by atoms with Gasteiger partial charge in [0, 0.05) is 18.2 Å². The zero-order chi connectivity index (χ0) is 20.4. The lowest BCUT2D eigenvalue weighted by atomic mass is 9.89. The highest BCUT2D eigenvalue weighted by atomic mass is 19.1. The van der Waals surface area contributed by atoms with Crippen molar-refractivity contribution in [2.45, 2.75) is 19.3 Å². The van der Waals surface area contributed by atoms with E-state index >= 15 is 0 Å². The molecule has 0 saturated heterocycles. The zero-order valence-electron chi connectivity index (χ0n) is 16.7. The molecule has 5 nitrogen and oxygen atoms in total. The van der Waals surface area contributed by atoms with E-state index in [-0.39, 0.29) is 11.4 Å². The standard InChI is InChI=1S/C23H24FN3O2/c1-26(2)12-3-13-29-20-10-8-19(9-11-20)27-22(28)14-17-5-4-16-6-7-18(24)15-21(16)23(17)25-27/h6-11,14-15H,3-5,12-13H2,1-2H3. The number of fused-ring (bicyclic) bond motifs is 3. The van der Waals surface area contributed by atoms with Gasteiger partial charge in [-0.05, 0) is 80.9 Å². The van der Waals surface area contributed by atoms with Crippen LogP contribution in [0.3, 0.4) is 0 Å². The second kappa shape index (κ2) is 8.17. The van der Waals surface area contributed by atoms with Crippen LogP contribution in [0.2, 0.25) is 0 Å². The summed E-state index contributed by atoms with van der Waals surface area (Å²) in [4.78, 5) is 14.7. The van der Waals surface area contributed by atoms with Gasteiger partial charge in [0.15, 0.2) is 0 Å². The molecular weight excluding hydrogens is 369 g/mol. The van der Waals surface area contributed by atoms with Crippen LogP contribution >= 0.6 is 0 Å². The third kappa shape index (κ3) is 4.22. The van der Waals surface area contributed by atoms with Crippen molar-refractivity contribution in [2.24, 2.45) is 0 Å². The number of hydrogen-bond acceptors (Lipinski definition) is 4. The van der Waals surface area contributed by atoms with Gasteiger partial charge < -0.3 is 9.64 Å². The second-order valence-electron chi connectivity index (χ2n) is 7.57. The highest BCUT2D eigenvalue weighted by Gasteiger charge is 2.20. The van der Waals surface area contributed by atoms with E-state index in [0.29, 0.717) is 18.0 Å². The Hall–Kier alpha value is -2.99. The van der Waals surface area contributed by atoms with Gasteiger partial charge in [0.25, 0.3) is 5.56 Å². The van der Waals surface area contributed by atoms with Crippen molar-refractivity contribution in [3.05, 3.63) is 75.8 Å². The molecule has 29 heavy (non-hydrogen) atoms. The van der Waals surface area contributed by atoms with Gasteiger partial charge in [-0.1, -0.05) is 6.07 Å². The molecule has 0 atom stereocenters. The Bertz CT molecular complexity index is 1070. The number of benzene rings is 2. The SMILES string of the molecule is CN(C)CCCOc1ccc(-n2nc3c(cc2=O)CCc2ccc(F)cc2-3)cc1. The summed E-state index contributed by atoms with van der Waals surface area (Å²) in [7, 11) is 4.07. The molecule has 4 rings (SSSR count). The lowest BCUT2D eigenvalue weighted by Crippen LogP contribution is -2.24. The van der Waals surface area contributed by atoms with Gasteiger partial charge >= 0.3 is 0 Å². The fourth-order valence-corrected chi connectivity index (χ4v) is 3.61. The normalized spacial score (nSPS) is 12.6. The number of nitrogens with zero attached hydrogens (tertiary/aromatic N) is 3. The molecule has 6 heteroatoms. The van der Waals surface area contributed by atoms with Crippen LogP contribution in [0.4, 0.5) is 4.39 Å². The van der Waals surface area contributed by atoms with Gasteiger partial charge in [-0.15, -0.1) is 0 Å². The Kier molecular flexibility index (Phi) is 5.45. The van der Waals surface area contributed by atoms with Crippen LogP contribution in [-0.2, 0) is 12.8 Å². The van der Waals surface area contributed by atoms with Crippen molar-refractivity contribution in [3.63, 3.8) is 0 Å². The van der Waals surface area contributed by atoms with Crippen molar-refractivity contribution < 1.29 is 9.13 Å². The number of ether oxygens (including phenoxy) is 1. The number of aryl methyl sites for hydroxylation is 2. The van der Waals surface area contributed by atoms with Crippen molar-refractivity contribution in [1.82, 2.24) is 14.7 Å². The third-order valence-corrected chi connectivity index (χ3v) is 5.10.